The first-order valence-electron chi connectivity index (χ1n) is 9.55. The number of carbonyl (C=O) groups is 1. The molecule has 30 heavy (non-hydrogen) atoms. The molecule has 5 heteroatoms. The molecule has 0 radical (unpaired) electrons. The molecule has 0 atom stereocenters. The van der Waals surface area contributed by atoms with Gasteiger partial charge >= 0.3 is 5.97 Å². The number of benzene rings is 3. The Balaban J connectivity index is 1.80. The topological polar surface area (TPSA) is 48.0 Å². The van der Waals surface area contributed by atoms with Gasteiger partial charge in [-0.05, 0) is 35.4 Å². The van der Waals surface area contributed by atoms with Gasteiger partial charge in [-0.2, -0.15) is 0 Å². The summed E-state index contributed by atoms with van der Waals surface area (Å²) in [6.07, 6.45) is 1.39. The number of hydrogen-bond acceptors (Lipinski definition) is 5. The van der Waals surface area contributed by atoms with Gasteiger partial charge in [-0.3, -0.25) is 0 Å². The second-order valence-corrected chi connectivity index (χ2v) is 6.60. The van der Waals surface area contributed by atoms with Crippen molar-refractivity contribution in [1.29, 1.82) is 0 Å². The molecule has 0 aliphatic heterocycles. The number of ether oxygens (including phenoxy) is 3. The Labute approximate surface area is 177 Å². The SMILES string of the molecule is CO/C=C(/C(=O)OC)c1ccccc1COc1cccc(N(C)c2ccccc2)c1. The van der Waals surface area contributed by atoms with E-state index in [-0.39, 0.29) is 0 Å². The molecule has 0 fully saturated rings. The lowest BCUT2D eigenvalue weighted by Crippen LogP contribution is -2.10. The molecule has 3 rings (SSSR count). The van der Waals surface area contributed by atoms with E-state index < -0.39 is 5.97 Å². The fourth-order valence-electron chi connectivity index (χ4n) is 3.10. The summed E-state index contributed by atoms with van der Waals surface area (Å²) in [6, 6.07) is 25.6. The van der Waals surface area contributed by atoms with E-state index in [0.29, 0.717) is 17.7 Å². The van der Waals surface area contributed by atoms with Crippen molar-refractivity contribution in [2.45, 2.75) is 6.61 Å². The number of para-hydroxylation sites is 1. The Hall–Kier alpha value is -3.73. The second-order valence-electron chi connectivity index (χ2n) is 6.60. The van der Waals surface area contributed by atoms with Crippen LogP contribution in [-0.4, -0.2) is 27.2 Å². The van der Waals surface area contributed by atoms with Crippen LogP contribution >= 0.6 is 0 Å². The van der Waals surface area contributed by atoms with Gasteiger partial charge < -0.3 is 19.1 Å². The summed E-state index contributed by atoms with van der Waals surface area (Å²) in [5, 5.41) is 0. The van der Waals surface area contributed by atoms with Gasteiger partial charge in [-0.1, -0.05) is 48.5 Å². The van der Waals surface area contributed by atoms with Crippen molar-refractivity contribution < 1.29 is 19.0 Å². The van der Waals surface area contributed by atoms with Crippen molar-refractivity contribution in [3.8, 4) is 5.75 Å². The predicted molar refractivity (Wildman–Crippen MR) is 119 cm³/mol. The van der Waals surface area contributed by atoms with E-state index in [4.69, 9.17) is 14.2 Å². The van der Waals surface area contributed by atoms with E-state index in [1.807, 2.05) is 73.8 Å². The van der Waals surface area contributed by atoms with Crippen LogP contribution in [0.25, 0.3) is 5.57 Å². The van der Waals surface area contributed by atoms with Gasteiger partial charge in [0, 0.05) is 24.5 Å². The highest BCUT2D eigenvalue weighted by Gasteiger charge is 2.17. The van der Waals surface area contributed by atoms with E-state index in [1.54, 1.807) is 0 Å². The van der Waals surface area contributed by atoms with E-state index >= 15 is 0 Å². The molecule has 0 aromatic heterocycles. The summed E-state index contributed by atoms with van der Waals surface area (Å²) >= 11 is 0. The van der Waals surface area contributed by atoms with Gasteiger partial charge in [-0.25, -0.2) is 4.79 Å². The molecule has 3 aromatic carbocycles. The molecule has 0 saturated heterocycles. The molecule has 0 amide bonds. The Bertz CT molecular complexity index is 1010. The van der Waals surface area contributed by atoms with Gasteiger partial charge in [0.05, 0.1) is 20.5 Å². The lowest BCUT2D eigenvalue weighted by atomic mass is 10.0. The zero-order valence-corrected chi connectivity index (χ0v) is 17.4. The minimum Gasteiger partial charge on any atom is -0.503 e. The van der Waals surface area contributed by atoms with Gasteiger partial charge in [0.1, 0.15) is 17.9 Å². The maximum absolute atomic E-state index is 12.2. The first-order chi connectivity index (χ1) is 14.6. The monoisotopic (exact) mass is 403 g/mol. The molecule has 3 aromatic rings. The number of anilines is 2. The normalized spacial score (nSPS) is 11.0. The van der Waals surface area contributed by atoms with Crippen LogP contribution in [0.2, 0.25) is 0 Å². The van der Waals surface area contributed by atoms with Crippen LogP contribution in [0.5, 0.6) is 5.75 Å². The quantitative estimate of drug-likeness (QED) is 0.294. The van der Waals surface area contributed by atoms with Crippen molar-refractivity contribution in [3.05, 3.63) is 96.3 Å². The lowest BCUT2D eigenvalue weighted by molar-refractivity contribution is -0.133. The average Bonchev–Trinajstić information content (AvgIpc) is 2.81. The standard InChI is InChI=1S/C25H25NO4/c1-26(20-11-5-4-6-12-20)21-13-9-14-22(16-21)30-17-19-10-7-8-15-23(19)24(18-28-2)25(27)29-3/h4-16,18H,17H2,1-3H3/b24-18+. The van der Waals surface area contributed by atoms with Crippen LogP contribution < -0.4 is 9.64 Å². The first kappa shape index (κ1) is 21.0. The molecule has 0 N–H and O–H groups in total. The largest absolute Gasteiger partial charge is 0.503 e. The molecule has 0 saturated carbocycles. The number of nitrogens with zero attached hydrogens (tertiary/aromatic N) is 1. The third kappa shape index (κ3) is 5.00. The summed E-state index contributed by atoms with van der Waals surface area (Å²) in [7, 11) is 4.86. The van der Waals surface area contributed by atoms with E-state index in [9.17, 15) is 4.79 Å². The van der Waals surface area contributed by atoms with Gasteiger partial charge in [0.2, 0.25) is 0 Å². The molecular formula is C25H25NO4. The first-order valence-corrected chi connectivity index (χ1v) is 9.55. The van der Waals surface area contributed by atoms with Crippen molar-refractivity contribution in [2.24, 2.45) is 0 Å². The summed E-state index contributed by atoms with van der Waals surface area (Å²) in [5.74, 6) is 0.274. The Morgan fingerprint density at radius 3 is 2.33 bits per heavy atom. The zero-order chi connectivity index (χ0) is 21.3. The molecule has 5 nitrogen and oxygen atoms in total. The molecule has 0 bridgehead atoms. The third-order valence-electron chi connectivity index (χ3n) is 4.69. The smallest absolute Gasteiger partial charge is 0.341 e. The Morgan fingerprint density at radius 2 is 1.60 bits per heavy atom. The van der Waals surface area contributed by atoms with Crippen LogP contribution in [0.1, 0.15) is 11.1 Å². The fraction of sp³-hybridized carbons (Fsp3) is 0.160. The molecule has 0 unspecified atom stereocenters. The zero-order valence-electron chi connectivity index (χ0n) is 17.4. The maximum Gasteiger partial charge on any atom is 0.341 e. The third-order valence-corrected chi connectivity index (χ3v) is 4.69. The Morgan fingerprint density at radius 1 is 0.900 bits per heavy atom. The summed E-state index contributed by atoms with van der Waals surface area (Å²) in [6.45, 7) is 0.298. The van der Waals surface area contributed by atoms with Crippen LogP contribution in [0, 0.1) is 0 Å². The molecule has 0 aliphatic rings. The number of rotatable bonds is 8. The minimum absolute atomic E-state index is 0.298. The van der Waals surface area contributed by atoms with E-state index in [2.05, 4.69) is 17.0 Å². The molecular weight excluding hydrogens is 378 g/mol. The van der Waals surface area contributed by atoms with Gasteiger partial charge in [0.25, 0.3) is 0 Å². The highest BCUT2D eigenvalue weighted by Crippen LogP contribution is 2.28. The van der Waals surface area contributed by atoms with E-state index in [1.165, 1.54) is 20.5 Å². The predicted octanol–water partition coefficient (Wildman–Crippen LogP) is 5.19. The minimum atomic E-state index is -0.462. The van der Waals surface area contributed by atoms with Gasteiger partial charge in [-0.15, -0.1) is 0 Å². The number of hydrogen-bond donors (Lipinski definition) is 0. The molecule has 0 spiro atoms. The number of methoxy groups -OCH3 is 2. The van der Waals surface area contributed by atoms with E-state index in [0.717, 1.165) is 22.7 Å². The average molecular weight is 403 g/mol. The maximum atomic E-state index is 12.2. The summed E-state index contributed by atoms with van der Waals surface area (Å²) in [5.41, 5.74) is 4.02. The summed E-state index contributed by atoms with van der Waals surface area (Å²) in [4.78, 5) is 14.3. The lowest BCUT2D eigenvalue weighted by Gasteiger charge is -2.20. The number of esters is 1. The highest BCUT2D eigenvalue weighted by molar-refractivity contribution is 6.16. The van der Waals surface area contributed by atoms with Crippen molar-refractivity contribution in [3.63, 3.8) is 0 Å². The van der Waals surface area contributed by atoms with Crippen LogP contribution in [-0.2, 0) is 20.9 Å². The van der Waals surface area contributed by atoms with Crippen molar-refractivity contribution in [1.82, 2.24) is 0 Å². The highest BCUT2D eigenvalue weighted by atomic mass is 16.5. The van der Waals surface area contributed by atoms with Crippen LogP contribution in [0.3, 0.4) is 0 Å². The molecule has 0 aliphatic carbocycles. The summed E-state index contributed by atoms with van der Waals surface area (Å²) < 4.78 is 16.0. The molecule has 0 heterocycles. The van der Waals surface area contributed by atoms with Crippen LogP contribution in [0.4, 0.5) is 11.4 Å². The van der Waals surface area contributed by atoms with Gasteiger partial charge in [0.15, 0.2) is 0 Å². The second kappa shape index (κ2) is 10.2. The van der Waals surface area contributed by atoms with Crippen molar-refractivity contribution >= 4 is 22.9 Å². The van der Waals surface area contributed by atoms with Crippen molar-refractivity contribution in [2.75, 3.05) is 26.2 Å². The Kier molecular flexibility index (Phi) is 7.11. The fourth-order valence-corrected chi connectivity index (χ4v) is 3.10. The molecule has 154 valence electrons. The van der Waals surface area contributed by atoms with Crippen LogP contribution in [0.15, 0.2) is 85.1 Å². The number of carbonyl (C=O) groups excluding carboxylic acids is 1.